The van der Waals surface area contributed by atoms with Gasteiger partial charge in [0, 0.05) is 39.5 Å². The molecule has 0 amide bonds. The lowest BCUT2D eigenvalue weighted by Gasteiger charge is -2.11. The van der Waals surface area contributed by atoms with Crippen LogP contribution in [0.4, 0.5) is 0 Å². The molecule has 0 bridgehead atoms. The van der Waals surface area contributed by atoms with Crippen LogP contribution >= 0.6 is 0 Å². The van der Waals surface area contributed by atoms with Crippen molar-refractivity contribution in [3.05, 3.63) is 0 Å². The molecule has 2 aliphatic rings. The van der Waals surface area contributed by atoms with E-state index in [2.05, 4.69) is 10.6 Å². The smallest absolute Gasteiger partial charge is 0.0711 e. The summed E-state index contributed by atoms with van der Waals surface area (Å²) in [6.45, 7) is 4.98. The van der Waals surface area contributed by atoms with Crippen molar-refractivity contribution in [2.24, 2.45) is 5.92 Å². The van der Waals surface area contributed by atoms with E-state index in [9.17, 15) is 0 Å². The van der Waals surface area contributed by atoms with Crippen molar-refractivity contribution in [1.82, 2.24) is 10.6 Å². The van der Waals surface area contributed by atoms with Crippen LogP contribution < -0.4 is 10.6 Å². The molecule has 1 saturated carbocycles. The Kier molecular flexibility index (Phi) is 5.71. The Balaban J connectivity index is 1.36. The summed E-state index contributed by atoms with van der Waals surface area (Å²) < 4.78 is 10.9. The predicted molar refractivity (Wildman–Crippen MR) is 68.2 cm³/mol. The molecule has 17 heavy (non-hydrogen) atoms. The zero-order chi connectivity index (χ0) is 11.9. The SMILES string of the molecule is COC1CNC(CNCCCOCC2CC2)C1. The molecule has 0 aromatic rings. The third-order valence-corrected chi connectivity index (χ3v) is 3.60. The number of hydrogen-bond acceptors (Lipinski definition) is 4. The number of ether oxygens (including phenoxy) is 2. The highest BCUT2D eigenvalue weighted by Crippen LogP contribution is 2.28. The van der Waals surface area contributed by atoms with E-state index in [1.54, 1.807) is 7.11 Å². The molecular weight excluding hydrogens is 216 g/mol. The van der Waals surface area contributed by atoms with Gasteiger partial charge in [-0.1, -0.05) is 0 Å². The van der Waals surface area contributed by atoms with Crippen LogP contribution in [0.1, 0.15) is 25.7 Å². The second-order valence-electron chi connectivity index (χ2n) is 5.27. The van der Waals surface area contributed by atoms with Crippen molar-refractivity contribution in [3.8, 4) is 0 Å². The van der Waals surface area contributed by atoms with E-state index in [0.717, 1.165) is 51.6 Å². The molecular formula is C13H26N2O2. The number of nitrogens with one attached hydrogen (secondary N) is 2. The summed E-state index contributed by atoms with van der Waals surface area (Å²) in [7, 11) is 1.79. The zero-order valence-electron chi connectivity index (χ0n) is 10.9. The Bertz CT molecular complexity index is 210. The van der Waals surface area contributed by atoms with Crippen LogP contribution in [-0.2, 0) is 9.47 Å². The summed E-state index contributed by atoms with van der Waals surface area (Å²) in [5, 5.41) is 6.94. The van der Waals surface area contributed by atoms with E-state index >= 15 is 0 Å². The maximum atomic E-state index is 5.59. The van der Waals surface area contributed by atoms with Crippen LogP contribution in [-0.4, -0.2) is 52.1 Å². The van der Waals surface area contributed by atoms with E-state index in [4.69, 9.17) is 9.47 Å². The fourth-order valence-electron chi connectivity index (χ4n) is 2.23. The highest BCUT2D eigenvalue weighted by atomic mass is 16.5. The summed E-state index contributed by atoms with van der Waals surface area (Å²) in [5.41, 5.74) is 0. The van der Waals surface area contributed by atoms with Crippen molar-refractivity contribution >= 4 is 0 Å². The van der Waals surface area contributed by atoms with Crippen molar-refractivity contribution in [3.63, 3.8) is 0 Å². The number of rotatable bonds is 9. The highest BCUT2D eigenvalue weighted by Gasteiger charge is 2.23. The van der Waals surface area contributed by atoms with Crippen LogP contribution in [0.25, 0.3) is 0 Å². The van der Waals surface area contributed by atoms with E-state index in [-0.39, 0.29) is 0 Å². The van der Waals surface area contributed by atoms with Gasteiger partial charge < -0.3 is 20.1 Å². The number of methoxy groups -OCH3 is 1. The third-order valence-electron chi connectivity index (χ3n) is 3.60. The molecule has 0 radical (unpaired) electrons. The Hall–Kier alpha value is -0.160. The minimum absolute atomic E-state index is 0.406. The van der Waals surface area contributed by atoms with Gasteiger partial charge in [-0.3, -0.25) is 0 Å². The van der Waals surface area contributed by atoms with Gasteiger partial charge >= 0.3 is 0 Å². The first-order valence-corrected chi connectivity index (χ1v) is 6.93. The van der Waals surface area contributed by atoms with Gasteiger partial charge in [-0.25, -0.2) is 0 Å². The van der Waals surface area contributed by atoms with Crippen molar-refractivity contribution in [2.45, 2.75) is 37.8 Å². The Morgan fingerprint density at radius 2 is 2.24 bits per heavy atom. The zero-order valence-corrected chi connectivity index (χ0v) is 10.9. The standard InChI is InChI=1S/C13H26N2O2/c1-16-13-7-12(15-9-13)8-14-5-2-6-17-10-11-3-4-11/h11-15H,2-10H2,1H3. The second-order valence-corrected chi connectivity index (χ2v) is 5.27. The van der Waals surface area contributed by atoms with E-state index in [1.165, 1.54) is 12.8 Å². The van der Waals surface area contributed by atoms with Gasteiger partial charge in [0.25, 0.3) is 0 Å². The summed E-state index contributed by atoms with van der Waals surface area (Å²) in [4.78, 5) is 0. The average Bonchev–Trinajstić information content (AvgIpc) is 3.05. The Morgan fingerprint density at radius 1 is 1.35 bits per heavy atom. The summed E-state index contributed by atoms with van der Waals surface area (Å²) in [6, 6.07) is 0.576. The molecule has 0 aromatic heterocycles. The van der Waals surface area contributed by atoms with Gasteiger partial charge in [0.15, 0.2) is 0 Å². The molecule has 2 N–H and O–H groups in total. The maximum Gasteiger partial charge on any atom is 0.0711 e. The summed E-state index contributed by atoms with van der Waals surface area (Å²) in [5.74, 6) is 0.886. The molecule has 100 valence electrons. The van der Waals surface area contributed by atoms with Crippen LogP contribution in [0.5, 0.6) is 0 Å². The first-order valence-electron chi connectivity index (χ1n) is 6.93. The molecule has 0 aromatic carbocycles. The topological polar surface area (TPSA) is 42.5 Å². The van der Waals surface area contributed by atoms with Gasteiger partial charge in [0.2, 0.25) is 0 Å². The van der Waals surface area contributed by atoms with E-state index < -0.39 is 0 Å². The predicted octanol–water partition coefficient (Wildman–Crippen LogP) is 0.770. The monoisotopic (exact) mass is 242 g/mol. The average molecular weight is 242 g/mol. The minimum Gasteiger partial charge on any atom is -0.381 e. The molecule has 1 heterocycles. The number of hydrogen-bond donors (Lipinski definition) is 2. The van der Waals surface area contributed by atoms with E-state index in [0.29, 0.717) is 12.1 Å². The molecule has 4 heteroatoms. The maximum absolute atomic E-state index is 5.59. The third kappa shape index (κ3) is 5.34. The van der Waals surface area contributed by atoms with Gasteiger partial charge in [-0.15, -0.1) is 0 Å². The molecule has 2 rings (SSSR count). The quantitative estimate of drug-likeness (QED) is 0.586. The molecule has 2 fully saturated rings. The largest absolute Gasteiger partial charge is 0.381 e. The van der Waals surface area contributed by atoms with Crippen molar-refractivity contribution < 1.29 is 9.47 Å². The minimum atomic E-state index is 0.406. The van der Waals surface area contributed by atoms with Gasteiger partial charge in [0.05, 0.1) is 6.10 Å². The van der Waals surface area contributed by atoms with Crippen LogP contribution in [0.15, 0.2) is 0 Å². The second kappa shape index (κ2) is 7.31. The molecule has 1 aliphatic heterocycles. The lowest BCUT2D eigenvalue weighted by Crippen LogP contribution is -2.34. The van der Waals surface area contributed by atoms with Crippen LogP contribution in [0.2, 0.25) is 0 Å². The fraction of sp³-hybridized carbons (Fsp3) is 1.00. The molecule has 1 saturated heterocycles. The van der Waals surface area contributed by atoms with Crippen LogP contribution in [0.3, 0.4) is 0 Å². The van der Waals surface area contributed by atoms with E-state index in [1.807, 2.05) is 0 Å². The van der Waals surface area contributed by atoms with Crippen molar-refractivity contribution in [2.75, 3.05) is 40.0 Å². The normalized spacial score (nSPS) is 28.8. The molecule has 1 aliphatic carbocycles. The van der Waals surface area contributed by atoms with Gasteiger partial charge in [0.1, 0.15) is 0 Å². The summed E-state index contributed by atoms with van der Waals surface area (Å²) >= 11 is 0. The Labute approximate surface area is 104 Å². The first-order chi connectivity index (χ1) is 8.38. The Morgan fingerprint density at radius 3 is 2.94 bits per heavy atom. The van der Waals surface area contributed by atoms with Crippen molar-refractivity contribution in [1.29, 1.82) is 0 Å². The first kappa shape index (κ1) is 13.3. The fourth-order valence-corrected chi connectivity index (χ4v) is 2.23. The molecule has 0 spiro atoms. The highest BCUT2D eigenvalue weighted by molar-refractivity contribution is 4.83. The molecule has 4 nitrogen and oxygen atoms in total. The lowest BCUT2D eigenvalue weighted by molar-refractivity contribution is 0.116. The van der Waals surface area contributed by atoms with Crippen LogP contribution in [0, 0.1) is 5.92 Å². The van der Waals surface area contributed by atoms with Gasteiger partial charge in [-0.2, -0.15) is 0 Å². The molecule has 2 unspecified atom stereocenters. The lowest BCUT2D eigenvalue weighted by atomic mass is 10.2. The van der Waals surface area contributed by atoms with Gasteiger partial charge in [-0.05, 0) is 38.1 Å². The summed E-state index contributed by atoms with van der Waals surface area (Å²) in [6.07, 6.45) is 5.41. The molecule has 2 atom stereocenters.